The third kappa shape index (κ3) is 4.60. The first kappa shape index (κ1) is 14.0. The maximum Gasteiger partial charge on any atom is 0.153 e. The van der Waals surface area contributed by atoms with Crippen molar-refractivity contribution in [2.45, 2.75) is 12.4 Å². The summed E-state index contributed by atoms with van der Waals surface area (Å²) < 4.78 is 40.3. The first-order valence-electron chi connectivity index (χ1n) is 5.42. The smallest absolute Gasteiger partial charge is 0.153 e. The molecule has 0 unspecified atom stereocenters. The van der Waals surface area contributed by atoms with E-state index in [0.717, 1.165) is 0 Å². The number of rotatable bonds is 5. The molecule has 0 aliphatic heterocycles. The van der Waals surface area contributed by atoms with Gasteiger partial charge >= 0.3 is 0 Å². The second kappa shape index (κ2) is 5.66. The number of aromatic nitrogens is 1. The molecular formula is C12H12FNO3S2. The van der Waals surface area contributed by atoms with Crippen molar-refractivity contribution >= 4 is 21.2 Å². The molecule has 0 saturated carbocycles. The minimum Gasteiger partial charge on any atom is -0.486 e. The Hall–Kier alpha value is -1.47. The largest absolute Gasteiger partial charge is 0.486 e. The van der Waals surface area contributed by atoms with Crippen LogP contribution in [0.5, 0.6) is 5.75 Å². The fourth-order valence-electron chi connectivity index (χ4n) is 1.43. The molecule has 1 heterocycles. The summed E-state index contributed by atoms with van der Waals surface area (Å²) in [7, 11) is -3.07. The lowest BCUT2D eigenvalue weighted by molar-refractivity contribution is 0.305. The Morgan fingerprint density at radius 3 is 2.63 bits per heavy atom. The van der Waals surface area contributed by atoms with Gasteiger partial charge in [-0.05, 0) is 24.3 Å². The van der Waals surface area contributed by atoms with Crippen molar-refractivity contribution in [3.63, 3.8) is 0 Å². The van der Waals surface area contributed by atoms with E-state index in [1.165, 1.54) is 41.9 Å². The van der Waals surface area contributed by atoms with Crippen LogP contribution in [0.2, 0.25) is 0 Å². The van der Waals surface area contributed by atoms with Gasteiger partial charge in [0.2, 0.25) is 0 Å². The SMILES string of the molecule is CS(=O)(=O)Cc1csc(COc2ccc(F)cc2)n1. The number of benzene rings is 1. The summed E-state index contributed by atoms with van der Waals surface area (Å²) in [6.45, 7) is 0.236. The zero-order valence-corrected chi connectivity index (χ0v) is 11.8. The molecule has 0 amide bonds. The average molecular weight is 301 g/mol. The lowest BCUT2D eigenvalue weighted by Crippen LogP contribution is -2.01. The third-order valence-corrected chi connectivity index (χ3v) is 3.88. The minimum atomic E-state index is -3.07. The highest BCUT2D eigenvalue weighted by Crippen LogP contribution is 2.16. The summed E-state index contributed by atoms with van der Waals surface area (Å²) in [4.78, 5) is 4.17. The van der Waals surface area contributed by atoms with Gasteiger partial charge in [0, 0.05) is 11.6 Å². The van der Waals surface area contributed by atoms with Crippen LogP contribution in [-0.2, 0) is 22.2 Å². The number of thiazole rings is 1. The lowest BCUT2D eigenvalue weighted by Gasteiger charge is -2.03. The Labute approximate surface area is 114 Å². The zero-order chi connectivity index (χ0) is 13.9. The van der Waals surface area contributed by atoms with Crippen LogP contribution in [0.1, 0.15) is 10.7 Å². The quantitative estimate of drug-likeness (QED) is 0.851. The van der Waals surface area contributed by atoms with Crippen molar-refractivity contribution in [3.05, 3.63) is 46.2 Å². The highest BCUT2D eigenvalue weighted by atomic mass is 32.2. The average Bonchev–Trinajstić information content (AvgIpc) is 2.73. The maximum atomic E-state index is 12.7. The van der Waals surface area contributed by atoms with Crippen LogP contribution in [0.25, 0.3) is 0 Å². The minimum absolute atomic E-state index is 0.0694. The van der Waals surface area contributed by atoms with E-state index < -0.39 is 9.84 Å². The molecule has 2 aromatic rings. The second-order valence-corrected chi connectivity index (χ2v) is 7.13. The van der Waals surface area contributed by atoms with E-state index >= 15 is 0 Å². The Balaban J connectivity index is 1.95. The highest BCUT2D eigenvalue weighted by molar-refractivity contribution is 7.89. The molecule has 1 aromatic heterocycles. The molecule has 0 aliphatic rings. The van der Waals surface area contributed by atoms with Gasteiger partial charge in [0.05, 0.1) is 11.4 Å². The fraction of sp³-hybridized carbons (Fsp3) is 0.250. The van der Waals surface area contributed by atoms with Gasteiger partial charge in [-0.2, -0.15) is 0 Å². The number of ether oxygens (including phenoxy) is 1. The topological polar surface area (TPSA) is 56.3 Å². The summed E-state index contributed by atoms with van der Waals surface area (Å²) in [6, 6.07) is 5.68. The van der Waals surface area contributed by atoms with Crippen molar-refractivity contribution in [3.8, 4) is 5.75 Å². The van der Waals surface area contributed by atoms with Gasteiger partial charge in [-0.25, -0.2) is 17.8 Å². The molecule has 102 valence electrons. The predicted molar refractivity (Wildman–Crippen MR) is 71.4 cm³/mol. The van der Waals surface area contributed by atoms with Gasteiger partial charge in [-0.3, -0.25) is 0 Å². The number of nitrogens with zero attached hydrogens (tertiary/aromatic N) is 1. The summed E-state index contributed by atoms with van der Waals surface area (Å²) >= 11 is 1.34. The molecule has 0 atom stereocenters. The van der Waals surface area contributed by atoms with E-state index in [9.17, 15) is 12.8 Å². The van der Waals surface area contributed by atoms with Crippen molar-refractivity contribution < 1.29 is 17.5 Å². The molecule has 2 rings (SSSR count). The number of hydrogen-bond donors (Lipinski definition) is 0. The molecule has 0 saturated heterocycles. The molecule has 4 nitrogen and oxygen atoms in total. The van der Waals surface area contributed by atoms with Crippen LogP contribution >= 0.6 is 11.3 Å². The van der Waals surface area contributed by atoms with Crippen molar-refractivity contribution in [2.75, 3.05) is 6.26 Å². The molecule has 7 heteroatoms. The molecule has 0 N–H and O–H groups in total. The van der Waals surface area contributed by atoms with Crippen LogP contribution in [0, 0.1) is 5.82 Å². The number of hydrogen-bond acceptors (Lipinski definition) is 5. The number of sulfone groups is 1. The van der Waals surface area contributed by atoms with Crippen LogP contribution in [-0.4, -0.2) is 19.7 Å². The van der Waals surface area contributed by atoms with Gasteiger partial charge in [-0.15, -0.1) is 11.3 Å². The van der Waals surface area contributed by atoms with Crippen molar-refractivity contribution in [1.82, 2.24) is 4.98 Å². The Morgan fingerprint density at radius 2 is 2.00 bits per heavy atom. The molecule has 0 spiro atoms. The standard InChI is InChI=1S/C12H12FNO3S2/c1-19(15,16)8-10-7-18-12(14-10)6-17-11-4-2-9(13)3-5-11/h2-5,7H,6,8H2,1H3. The lowest BCUT2D eigenvalue weighted by atomic mass is 10.3. The molecule has 19 heavy (non-hydrogen) atoms. The third-order valence-electron chi connectivity index (χ3n) is 2.19. The fourth-order valence-corrected chi connectivity index (χ4v) is 2.92. The van der Waals surface area contributed by atoms with Crippen LogP contribution in [0.4, 0.5) is 4.39 Å². The van der Waals surface area contributed by atoms with Gasteiger partial charge in [0.15, 0.2) is 9.84 Å². The highest BCUT2D eigenvalue weighted by Gasteiger charge is 2.09. The maximum absolute atomic E-state index is 12.7. The molecule has 0 radical (unpaired) electrons. The van der Waals surface area contributed by atoms with E-state index in [2.05, 4.69) is 4.98 Å². The summed E-state index contributed by atoms with van der Waals surface area (Å²) in [5.74, 6) is 0.151. The van der Waals surface area contributed by atoms with E-state index in [1.54, 1.807) is 5.38 Å². The first-order chi connectivity index (χ1) is 8.92. The Morgan fingerprint density at radius 1 is 1.32 bits per heavy atom. The molecule has 0 fully saturated rings. The zero-order valence-electron chi connectivity index (χ0n) is 10.2. The van der Waals surface area contributed by atoms with E-state index in [-0.39, 0.29) is 18.2 Å². The summed E-state index contributed by atoms with van der Waals surface area (Å²) in [5, 5.41) is 2.38. The molecule has 0 bridgehead atoms. The van der Waals surface area contributed by atoms with Crippen molar-refractivity contribution in [2.24, 2.45) is 0 Å². The van der Waals surface area contributed by atoms with E-state index in [1.807, 2.05) is 0 Å². The van der Waals surface area contributed by atoms with Gasteiger partial charge in [0.25, 0.3) is 0 Å². The van der Waals surface area contributed by atoms with Crippen molar-refractivity contribution in [1.29, 1.82) is 0 Å². The molecular weight excluding hydrogens is 289 g/mol. The van der Waals surface area contributed by atoms with Gasteiger partial charge in [-0.1, -0.05) is 0 Å². The molecule has 1 aromatic carbocycles. The van der Waals surface area contributed by atoms with Crippen LogP contribution < -0.4 is 4.74 Å². The van der Waals surface area contributed by atoms with Crippen LogP contribution in [0.3, 0.4) is 0 Å². The first-order valence-corrected chi connectivity index (χ1v) is 8.36. The van der Waals surface area contributed by atoms with E-state index in [4.69, 9.17) is 4.74 Å². The Kier molecular flexibility index (Phi) is 4.16. The summed E-state index contributed by atoms with van der Waals surface area (Å²) in [5.41, 5.74) is 0.519. The molecule has 0 aliphatic carbocycles. The van der Waals surface area contributed by atoms with Crippen LogP contribution in [0.15, 0.2) is 29.6 Å². The second-order valence-electron chi connectivity index (χ2n) is 4.05. The van der Waals surface area contributed by atoms with Gasteiger partial charge in [0.1, 0.15) is 23.2 Å². The monoisotopic (exact) mass is 301 g/mol. The van der Waals surface area contributed by atoms with Gasteiger partial charge < -0.3 is 4.74 Å². The number of halogens is 1. The Bertz CT molecular complexity index is 650. The predicted octanol–water partition coefficient (Wildman–Crippen LogP) is 2.41. The normalized spacial score (nSPS) is 11.5. The summed E-state index contributed by atoms with van der Waals surface area (Å²) in [6.07, 6.45) is 1.17. The van der Waals surface area contributed by atoms with E-state index in [0.29, 0.717) is 16.5 Å².